The molecule has 0 bridgehead atoms. The average molecular weight is 389 g/mol. The van der Waals surface area contributed by atoms with Crippen LogP contribution in [0.15, 0.2) is 24.3 Å². The molecule has 1 aliphatic rings. The van der Waals surface area contributed by atoms with Gasteiger partial charge in [-0.15, -0.1) is 0 Å². The van der Waals surface area contributed by atoms with Crippen LogP contribution in [0, 0.1) is 0 Å². The van der Waals surface area contributed by atoms with Gasteiger partial charge in [0.1, 0.15) is 5.75 Å². The molecule has 0 saturated carbocycles. The van der Waals surface area contributed by atoms with E-state index in [1.807, 2.05) is 24.3 Å². The molecule has 1 atom stereocenters. The Morgan fingerprint density at radius 2 is 1.57 bits per heavy atom. The van der Waals surface area contributed by atoms with E-state index in [2.05, 4.69) is 19.2 Å². The smallest absolute Gasteiger partial charge is 0.312 e. The third-order valence-electron chi connectivity index (χ3n) is 4.68. The molecule has 1 fully saturated rings. The van der Waals surface area contributed by atoms with Gasteiger partial charge in [0, 0.05) is 32.2 Å². The molecule has 0 radical (unpaired) electrons. The van der Waals surface area contributed by atoms with Gasteiger partial charge in [-0.3, -0.25) is 14.4 Å². The second-order valence-electron chi connectivity index (χ2n) is 7.73. The summed E-state index contributed by atoms with van der Waals surface area (Å²) in [4.78, 5) is 39.9. The van der Waals surface area contributed by atoms with Crippen molar-refractivity contribution in [3.8, 4) is 5.75 Å². The number of hydrogen-bond acceptors (Lipinski definition) is 4. The first kappa shape index (κ1) is 21.7. The summed E-state index contributed by atoms with van der Waals surface area (Å²) in [7, 11) is 0. The van der Waals surface area contributed by atoms with Gasteiger partial charge in [-0.2, -0.15) is 0 Å². The minimum atomic E-state index is -0.617. The van der Waals surface area contributed by atoms with Crippen LogP contribution in [0.2, 0.25) is 0 Å². The van der Waals surface area contributed by atoms with E-state index in [1.54, 1.807) is 25.7 Å². The predicted molar refractivity (Wildman–Crippen MR) is 107 cm³/mol. The fourth-order valence-electron chi connectivity index (χ4n) is 3.06. The van der Waals surface area contributed by atoms with Gasteiger partial charge in [-0.05, 0) is 44.4 Å². The molecule has 2 rings (SSSR count). The summed E-state index contributed by atoms with van der Waals surface area (Å²) in [6.07, 6.45) is -0.617. The zero-order chi connectivity index (χ0) is 20.8. The van der Waals surface area contributed by atoms with Crippen LogP contribution < -0.4 is 10.1 Å². The number of piperazine rings is 1. The van der Waals surface area contributed by atoms with Crippen LogP contribution in [0.5, 0.6) is 5.75 Å². The van der Waals surface area contributed by atoms with Crippen molar-refractivity contribution < 1.29 is 19.1 Å². The van der Waals surface area contributed by atoms with Gasteiger partial charge in [0.25, 0.3) is 5.91 Å². The lowest BCUT2D eigenvalue weighted by Gasteiger charge is -2.35. The summed E-state index contributed by atoms with van der Waals surface area (Å²) in [6.45, 7) is 11.0. The number of hydrogen-bond donors (Lipinski definition) is 1. The standard InChI is InChI=1S/C21H31N3O4/c1-14(2)17-7-6-8-18(13-17)28-16(5)20(26)23-9-11-24(12-10-23)21(27)19(25)22-15(3)4/h6-8,13-16H,9-12H2,1-5H3,(H,22,25)/t16-/m1/s1. The van der Waals surface area contributed by atoms with E-state index >= 15 is 0 Å². The number of nitrogens with one attached hydrogen (secondary N) is 1. The Labute approximate surface area is 167 Å². The van der Waals surface area contributed by atoms with Crippen molar-refractivity contribution in [3.63, 3.8) is 0 Å². The minimum Gasteiger partial charge on any atom is -0.481 e. The summed E-state index contributed by atoms with van der Waals surface area (Å²) in [5.41, 5.74) is 1.16. The van der Waals surface area contributed by atoms with Crippen LogP contribution in [0.1, 0.15) is 46.1 Å². The Hall–Kier alpha value is -2.57. The maximum Gasteiger partial charge on any atom is 0.312 e. The molecule has 0 aromatic heterocycles. The molecule has 0 spiro atoms. The van der Waals surface area contributed by atoms with E-state index in [-0.39, 0.29) is 11.9 Å². The van der Waals surface area contributed by atoms with Crippen molar-refractivity contribution in [1.29, 1.82) is 0 Å². The molecule has 28 heavy (non-hydrogen) atoms. The molecular weight excluding hydrogens is 358 g/mol. The molecule has 1 heterocycles. The first-order valence-electron chi connectivity index (χ1n) is 9.84. The Bertz CT molecular complexity index is 709. The molecule has 0 aliphatic carbocycles. The first-order chi connectivity index (χ1) is 13.2. The summed E-state index contributed by atoms with van der Waals surface area (Å²) in [5, 5.41) is 2.60. The van der Waals surface area contributed by atoms with Crippen LogP contribution in [0.25, 0.3) is 0 Å². The Morgan fingerprint density at radius 1 is 0.964 bits per heavy atom. The molecule has 1 saturated heterocycles. The number of ether oxygens (including phenoxy) is 1. The number of nitrogens with zero attached hydrogens (tertiary/aromatic N) is 2. The molecule has 0 unspecified atom stereocenters. The fraction of sp³-hybridized carbons (Fsp3) is 0.571. The molecule has 7 heteroatoms. The molecular formula is C21H31N3O4. The topological polar surface area (TPSA) is 79.0 Å². The Morgan fingerprint density at radius 3 is 2.14 bits per heavy atom. The number of carbonyl (C=O) groups is 3. The van der Waals surface area contributed by atoms with E-state index in [0.717, 1.165) is 5.56 Å². The molecule has 1 N–H and O–H groups in total. The summed E-state index contributed by atoms with van der Waals surface area (Å²) in [6, 6.07) is 7.67. The first-order valence-corrected chi connectivity index (χ1v) is 9.84. The van der Waals surface area contributed by atoms with Crippen LogP contribution in [0.4, 0.5) is 0 Å². The van der Waals surface area contributed by atoms with Crippen molar-refractivity contribution >= 4 is 17.7 Å². The van der Waals surface area contributed by atoms with E-state index < -0.39 is 17.9 Å². The highest BCUT2D eigenvalue weighted by Gasteiger charge is 2.30. The normalized spacial score (nSPS) is 15.5. The van der Waals surface area contributed by atoms with Crippen molar-refractivity contribution in [2.45, 2.75) is 52.7 Å². The fourth-order valence-corrected chi connectivity index (χ4v) is 3.06. The zero-order valence-corrected chi connectivity index (χ0v) is 17.4. The molecule has 7 nitrogen and oxygen atoms in total. The quantitative estimate of drug-likeness (QED) is 0.779. The maximum absolute atomic E-state index is 12.7. The number of carbonyl (C=O) groups excluding carboxylic acids is 3. The van der Waals surface area contributed by atoms with Gasteiger partial charge in [-0.1, -0.05) is 26.0 Å². The number of benzene rings is 1. The highest BCUT2D eigenvalue weighted by molar-refractivity contribution is 6.35. The average Bonchev–Trinajstić information content (AvgIpc) is 2.66. The predicted octanol–water partition coefficient (Wildman–Crippen LogP) is 1.77. The van der Waals surface area contributed by atoms with Gasteiger partial charge < -0.3 is 19.9 Å². The van der Waals surface area contributed by atoms with Crippen LogP contribution >= 0.6 is 0 Å². The Balaban J connectivity index is 1.88. The second kappa shape index (κ2) is 9.57. The minimum absolute atomic E-state index is 0.0912. The van der Waals surface area contributed by atoms with Crippen LogP contribution in [0.3, 0.4) is 0 Å². The molecule has 3 amide bonds. The number of rotatable bonds is 5. The highest BCUT2D eigenvalue weighted by Crippen LogP contribution is 2.21. The van der Waals surface area contributed by atoms with Gasteiger partial charge in [0.2, 0.25) is 0 Å². The van der Waals surface area contributed by atoms with Crippen LogP contribution in [-0.2, 0) is 14.4 Å². The van der Waals surface area contributed by atoms with Gasteiger partial charge >= 0.3 is 11.8 Å². The zero-order valence-electron chi connectivity index (χ0n) is 17.4. The highest BCUT2D eigenvalue weighted by atomic mass is 16.5. The monoisotopic (exact) mass is 389 g/mol. The summed E-state index contributed by atoms with van der Waals surface area (Å²) >= 11 is 0. The molecule has 1 aliphatic heterocycles. The van der Waals surface area contributed by atoms with Crippen LogP contribution in [-0.4, -0.2) is 65.8 Å². The van der Waals surface area contributed by atoms with Gasteiger partial charge in [0.05, 0.1) is 0 Å². The van der Waals surface area contributed by atoms with E-state index in [9.17, 15) is 14.4 Å². The van der Waals surface area contributed by atoms with Gasteiger partial charge in [0.15, 0.2) is 6.10 Å². The van der Waals surface area contributed by atoms with E-state index in [4.69, 9.17) is 4.74 Å². The molecule has 1 aromatic carbocycles. The van der Waals surface area contributed by atoms with Crippen molar-refractivity contribution in [3.05, 3.63) is 29.8 Å². The lowest BCUT2D eigenvalue weighted by molar-refractivity contribution is -0.149. The van der Waals surface area contributed by atoms with Gasteiger partial charge in [-0.25, -0.2) is 0 Å². The molecule has 1 aromatic rings. The van der Waals surface area contributed by atoms with Crippen molar-refractivity contribution in [2.75, 3.05) is 26.2 Å². The Kier molecular flexibility index (Phi) is 7.43. The third kappa shape index (κ3) is 5.71. The largest absolute Gasteiger partial charge is 0.481 e. The summed E-state index contributed by atoms with van der Waals surface area (Å²) in [5.74, 6) is -0.208. The van der Waals surface area contributed by atoms with E-state index in [1.165, 1.54) is 4.90 Å². The SMILES string of the molecule is CC(C)NC(=O)C(=O)N1CCN(C(=O)[C@@H](C)Oc2cccc(C(C)C)c2)CC1. The third-order valence-corrected chi connectivity index (χ3v) is 4.68. The van der Waals surface area contributed by atoms with Crippen molar-refractivity contribution in [2.24, 2.45) is 0 Å². The van der Waals surface area contributed by atoms with Crippen molar-refractivity contribution in [1.82, 2.24) is 15.1 Å². The summed E-state index contributed by atoms with van der Waals surface area (Å²) < 4.78 is 5.84. The number of amides is 3. The lowest BCUT2D eigenvalue weighted by atomic mass is 10.0. The molecule has 154 valence electrons. The lowest BCUT2D eigenvalue weighted by Crippen LogP contribution is -2.56. The second-order valence-corrected chi connectivity index (χ2v) is 7.73. The van der Waals surface area contributed by atoms with E-state index in [0.29, 0.717) is 37.8 Å². The maximum atomic E-state index is 12.7.